The van der Waals surface area contributed by atoms with Crippen molar-refractivity contribution in [2.24, 2.45) is 0 Å². The SMILES string of the molecule is CCCCCCCCCCCCCCCCCCCCCCCCC(O)C(CO)NC(=O)CCCCCCCCCCCCCCCC/C=C\C/C=C\CCOC(=O)CCCCCCCCCCCCCCCC. The van der Waals surface area contributed by atoms with Gasteiger partial charge in [-0.1, -0.05) is 340 Å². The summed E-state index contributed by atoms with van der Waals surface area (Å²) in [5.74, 6) is -0.0676. The molecule has 0 saturated heterocycles. The summed E-state index contributed by atoms with van der Waals surface area (Å²) in [6.07, 6.45) is 79.3. The van der Waals surface area contributed by atoms with Gasteiger partial charge in [0.1, 0.15) is 0 Å². The van der Waals surface area contributed by atoms with Gasteiger partial charge in [-0.25, -0.2) is 0 Å². The van der Waals surface area contributed by atoms with Crippen molar-refractivity contribution in [2.45, 2.75) is 386 Å². The molecule has 74 heavy (non-hydrogen) atoms. The van der Waals surface area contributed by atoms with Gasteiger partial charge in [0.05, 0.1) is 25.4 Å². The Bertz CT molecular complexity index is 1150. The minimum Gasteiger partial charge on any atom is -0.465 e. The van der Waals surface area contributed by atoms with Crippen LogP contribution in [0, 0.1) is 0 Å². The van der Waals surface area contributed by atoms with Crippen LogP contribution < -0.4 is 5.32 Å². The van der Waals surface area contributed by atoms with Gasteiger partial charge in [0.25, 0.3) is 0 Å². The summed E-state index contributed by atoms with van der Waals surface area (Å²) in [5, 5.41) is 23.4. The lowest BCUT2D eigenvalue weighted by Gasteiger charge is -2.22. The fraction of sp³-hybridized carbons (Fsp3) is 0.912. The second kappa shape index (κ2) is 63.9. The number of aliphatic hydroxyl groups excluding tert-OH is 2. The van der Waals surface area contributed by atoms with Crippen LogP contribution in [0.5, 0.6) is 0 Å². The van der Waals surface area contributed by atoms with Crippen LogP contribution in [-0.2, 0) is 14.3 Å². The average Bonchev–Trinajstić information content (AvgIpc) is 3.40. The highest BCUT2D eigenvalue weighted by Gasteiger charge is 2.20. The van der Waals surface area contributed by atoms with Crippen LogP contribution in [0.15, 0.2) is 24.3 Å². The third kappa shape index (κ3) is 59.6. The minimum atomic E-state index is -0.669. The summed E-state index contributed by atoms with van der Waals surface area (Å²) in [6.45, 7) is 4.88. The molecule has 0 aromatic heterocycles. The van der Waals surface area contributed by atoms with Crippen LogP contribution in [0.4, 0.5) is 0 Å². The van der Waals surface area contributed by atoms with E-state index < -0.39 is 12.1 Å². The van der Waals surface area contributed by atoms with Gasteiger partial charge in [0.2, 0.25) is 5.91 Å². The number of aliphatic hydroxyl groups is 2. The molecule has 0 fully saturated rings. The Hall–Kier alpha value is -1.66. The Morgan fingerprint density at radius 3 is 1.03 bits per heavy atom. The van der Waals surface area contributed by atoms with E-state index in [2.05, 4.69) is 43.5 Å². The fourth-order valence-electron chi connectivity index (χ4n) is 10.7. The monoisotopic (exact) mass is 1040 g/mol. The number of unbranched alkanes of at least 4 members (excludes halogenated alkanes) is 48. The number of carbonyl (C=O) groups is 2. The average molecular weight is 1040 g/mol. The number of amides is 1. The lowest BCUT2D eigenvalue weighted by molar-refractivity contribution is -0.143. The largest absolute Gasteiger partial charge is 0.465 e. The predicted octanol–water partition coefficient (Wildman–Crippen LogP) is 21.4. The van der Waals surface area contributed by atoms with E-state index in [4.69, 9.17) is 4.74 Å². The second-order valence-electron chi connectivity index (χ2n) is 23.2. The number of allylic oxidation sites excluding steroid dienone is 3. The van der Waals surface area contributed by atoms with Crippen LogP contribution in [-0.4, -0.2) is 47.4 Å². The van der Waals surface area contributed by atoms with Crippen LogP contribution in [0.2, 0.25) is 0 Å². The first-order valence-corrected chi connectivity index (χ1v) is 33.6. The molecule has 6 nitrogen and oxygen atoms in total. The van der Waals surface area contributed by atoms with E-state index in [9.17, 15) is 19.8 Å². The fourth-order valence-corrected chi connectivity index (χ4v) is 10.7. The van der Waals surface area contributed by atoms with Crippen molar-refractivity contribution in [1.82, 2.24) is 5.32 Å². The quantitative estimate of drug-likeness (QED) is 0.0320. The normalized spacial score (nSPS) is 12.6. The molecule has 0 aliphatic carbocycles. The lowest BCUT2D eigenvalue weighted by atomic mass is 10.0. The third-order valence-corrected chi connectivity index (χ3v) is 15.8. The van der Waals surface area contributed by atoms with Crippen molar-refractivity contribution in [3.8, 4) is 0 Å². The number of ether oxygens (including phenoxy) is 1. The molecule has 0 aliphatic heterocycles. The van der Waals surface area contributed by atoms with Gasteiger partial charge in [0, 0.05) is 12.8 Å². The van der Waals surface area contributed by atoms with Gasteiger partial charge >= 0.3 is 5.97 Å². The molecule has 0 spiro atoms. The molecule has 438 valence electrons. The molecule has 6 heteroatoms. The molecule has 2 unspecified atom stereocenters. The summed E-state index contributed by atoms with van der Waals surface area (Å²) in [6, 6.07) is -0.546. The molecule has 0 bridgehead atoms. The first-order chi connectivity index (χ1) is 36.5. The first-order valence-electron chi connectivity index (χ1n) is 33.6. The third-order valence-electron chi connectivity index (χ3n) is 15.8. The molecule has 3 N–H and O–H groups in total. The van der Waals surface area contributed by atoms with Gasteiger partial charge < -0.3 is 20.3 Å². The number of rotatable bonds is 63. The molecule has 1 amide bonds. The molecule has 0 saturated carbocycles. The topological polar surface area (TPSA) is 95.9 Å². The Balaban J connectivity index is 3.44. The minimum absolute atomic E-state index is 0.0321. The molecule has 0 radical (unpaired) electrons. The summed E-state index contributed by atoms with van der Waals surface area (Å²) in [7, 11) is 0. The summed E-state index contributed by atoms with van der Waals surface area (Å²) in [4.78, 5) is 24.6. The van der Waals surface area contributed by atoms with Crippen LogP contribution in [0.25, 0.3) is 0 Å². The molecule has 0 heterocycles. The first kappa shape index (κ1) is 72.3. The zero-order valence-corrected chi connectivity index (χ0v) is 50.1. The number of esters is 1. The number of hydrogen-bond donors (Lipinski definition) is 3. The van der Waals surface area contributed by atoms with Gasteiger partial charge in [-0.3, -0.25) is 9.59 Å². The molecular weight excluding hydrogens is 911 g/mol. The zero-order valence-electron chi connectivity index (χ0n) is 50.1. The van der Waals surface area contributed by atoms with E-state index in [1.807, 2.05) is 0 Å². The maximum atomic E-state index is 12.5. The summed E-state index contributed by atoms with van der Waals surface area (Å²) >= 11 is 0. The standard InChI is InChI=1S/C68H131NO5/c1-3-5-7-9-11-13-15-17-19-20-21-22-24-27-30-33-36-40-44-48-52-56-60-66(71)65(64-70)69-67(72)61-57-53-49-45-41-37-34-31-28-25-23-26-29-32-35-39-43-47-51-55-59-63-74-68(73)62-58-54-50-46-42-38-18-16-14-12-10-8-6-4-2/h39,43,51,55,65-66,70-71H,3-38,40-42,44-50,52-54,56-64H2,1-2H3,(H,69,72)/b43-39-,55-51-. The van der Waals surface area contributed by atoms with E-state index in [1.54, 1.807) is 0 Å². The van der Waals surface area contributed by atoms with Crippen LogP contribution in [0.3, 0.4) is 0 Å². The Labute approximate surface area is 462 Å². The van der Waals surface area contributed by atoms with Crippen molar-refractivity contribution in [3.63, 3.8) is 0 Å². The van der Waals surface area contributed by atoms with Crippen molar-refractivity contribution < 1.29 is 24.5 Å². The molecule has 0 rings (SSSR count). The maximum absolute atomic E-state index is 12.5. The zero-order chi connectivity index (χ0) is 53.6. The Morgan fingerprint density at radius 1 is 0.378 bits per heavy atom. The summed E-state index contributed by atoms with van der Waals surface area (Å²) < 4.78 is 5.42. The van der Waals surface area contributed by atoms with Crippen LogP contribution in [0.1, 0.15) is 373 Å². The highest BCUT2D eigenvalue weighted by atomic mass is 16.5. The number of hydrogen-bond acceptors (Lipinski definition) is 5. The Morgan fingerprint density at radius 2 is 0.676 bits per heavy atom. The van der Waals surface area contributed by atoms with E-state index >= 15 is 0 Å². The molecule has 0 aromatic carbocycles. The molecule has 0 aliphatic rings. The highest BCUT2D eigenvalue weighted by Crippen LogP contribution is 2.19. The predicted molar refractivity (Wildman–Crippen MR) is 324 cm³/mol. The van der Waals surface area contributed by atoms with Gasteiger partial charge in [-0.15, -0.1) is 0 Å². The lowest BCUT2D eigenvalue weighted by Crippen LogP contribution is -2.45. The smallest absolute Gasteiger partial charge is 0.305 e. The number of carbonyl (C=O) groups excluding carboxylic acids is 2. The van der Waals surface area contributed by atoms with E-state index in [-0.39, 0.29) is 18.5 Å². The van der Waals surface area contributed by atoms with Crippen molar-refractivity contribution in [2.75, 3.05) is 13.2 Å². The van der Waals surface area contributed by atoms with E-state index in [1.165, 1.54) is 289 Å². The number of nitrogens with one attached hydrogen (secondary N) is 1. The van der Waals surface area contributed by atoms with Crippen molar-refractivity contribution in [3.05, 3.63) is 24.3 Å². The molecule has 0 aromatic rings. The second-order valence-corrected chi connectivity index (χ2v) is 23.2. The van der Waals surface area contributed by atoms with Crippen molar-refractivity contribution in [1.29, 1.82) is 0 Å². The van der Waals surface area contributed by atoms with Gasteiger partial charge in [0.15, 0.2) is 0 Å². The van der Waals surface area contributed by atoms with Crippen molar-refractivity contribution >= 4 is 11.9 Å². The highest BCUT2D eigenvalue weighted by molar-refractivity contribution is 5.76. The molecular formula is C68H131NO5. The summed E-state index contributed by atoms with van der Waals surface area (Å²) in [5.41, 5.74) is 0. The van der Waals surface area contributed by atoms with Crippen LogP contribution >= 0.6 is 0 Å². The van der Waals surface area contributed by atoms with Gasteiger partial charge in [-0.05, 0) is 44.9 Å². The molecule has 2 atom stereocenters. The van der Waals surface area contributed by atoms with E-state index in [0.717, 1.165) is 51.4 Å². The van der Waals surface area contributed by atoms with E-state index in [0.29, 0.717) is 25.9 Å². The maximum Gasteiger partial charge on any atom is 0.305 e. The van der Waals surface area contributed by atoms with Gasteiger partial charge in [-0.2, -0.15) is 0 Å². The Kier molecular flexibility index (Phi) is 62.4.